The fourth-order valence-electron chi connectivity index (χ4n) is 2.89. The molecule has 2 aromatic carbocycles. The molecule has 3 aromatic rings. The van der Waals surface area contributed by atoms with Gasteiger partial charge in [-0.25, -0.2) is 9.18 Å². The smallest absolute Gasteiger partial charge is 0.338 e. The fourth-order valence-corrected chi connectivity index (χ4v) is 2.89. The standard InChI is InChI=1S/C21H19FN2O5/c22-16-7-3-14(4-8-16)20-23-19(29-24-20)13-28-21(25)15-5-9-17(10-6-15)27-12-18-2-1-11-26-18/h3-10,18H,1-2,11-13H2. The van der Waals surface area contributed by atoms with E-state index in [1.165, 1.54) is 12.1 Å². The predicted octanol–water partition coefficient (Wildman–Crippen LogP) is 3.79. The van der Waals surface area contributed by atoms with Crippen LogP contribution in [0, 0.1) is 5.82 Å². The highest BCUT2D eigenvalue weighted by atomic mass is 19.1. The molecule has 7 nitrogen and oxygen atoms in total. The maximum atomic E-state index is 13.0. The van der Waals surface area contributed by atoms with Gasteiger partial charge in [0.2, 0.25) is 5.82 Å². The third-order valence-electron chi connectivity index (χ3n) is 4.45. The SMILES string of the molecule is O=C(OCc1nc(-c2ccc(F)cc2)no1)c1ccc(OCC2CCCO2)cc1. The van der Waals surface area contributed by atoms with E-state index in [0.29, 0.717) is 29.3 Å². The zero-order valence-corrected chi connectivity index (χ0v) is 15.5. The van der Waals surface area contributed by atoms with Crippen LogP contribution in [-0.4, -0.2) is 35.4 Å². The Morgan fingerprint density at radius 3 is 2.66 bits per heavy atom. The summed E-state index contributed by atoms with van der Waals surface area (Å²) in [6.45, 7) is 1.12. The van der Waals surface area contributed by atoms with E-state index in [4.69, 9.17) is 18.7 Å². The van der Waals surface area contributed by atoms with E-state index in [1.807, 2.05) is 0 Å². The number of rotatable bonds is 7. The van der Waals surface area contributed by atoms with Gasteiger partial charge >= 0.3 is 5.97 Å². The largest absolute Gasteiger partial charge is 0.491 e. The van der Waals surface area contributed by atoms with Crippen LogP contribution >= 0.6 is 0 Å². The van der Waals surface area contributed by atoms with Crippen molar-refractivity contribution in [3.63, 3.8) is 0 Å². The minimum absolute atomic E-state index is 0.133. The van der Waals surface area contributed by atoms with Crippen molar-refractivity contribution < 1.29 is 27.9 Å². The molecule has 0 amide bonds. The molecule has 1 aliphatic heterocycles. The zero-order valence-electron chi connectivity index (χ0n) is 15.5. The maximum absolute atomic E-state index is 13.0. The van der Waals surface area contributed by atoms with Gasteiger partial charge in [-0.15, -0.1) is 0 Å². The fraction of sp³-hybridized carbons (Fsp3) is 0.286. The van der Waals surface area contributed by atoms with Gasteiger partial charge in [0.1, 0.15) is 18.2 Å². The second-order valence-corrected chi connectivity index (χ2v) is 6.57. The number of carbonyl (C=O) groups is 1. The number of esters is 1. The Kier molecular flexibility index (Phi) is 5.81. The van der Waals surface area contributed by atoms with Crippen molar-refractivity contribution in [2.75, 3.05) is 13.2 Å². The number of carbonyl (C=O) groups excluding carboxylic acids is 1. The highest BCUT2D eigenvalue weighted by Gasteiger charge is 2.16. The molecule has 0 bridgehead atoms. The first-order valence-electron chi connectivity index (χ1n) is 9.27. The summed E-state index contributed by atoms with van der Waals surface area (Å²) in [5, 5.41) is 3.80. The van der Waals surface area contributed by atoms with Gasteiger partial charge in [-0.05, 0) is 61.4 Å². The summed E-state index contributed by atoms with van der Waals surface area (Å²) in [6, 6.07) is 12.4. The minimum Gasteiger partial charge on any atom is -0.491 e. The van der Waals surface area contributed by atoms with Crippen molar-refractivity contribution in [2.24, 2.45) is 0 Å². The number of aromatic nitrogens is 2. The molecule has 29 heavy (non-hydrogen) atoms. The molecule has 1 unspecified atom stereocenters. The van der Waals surface area contributed by atoms with Crippen molar-refractivity contribution in [3.05, 3.63) is 65.8 Å². The van der Waals surface area contributed by atoms with E-state index < -0.39 is 5.97 Å². The Balaban J connectivity index is 1.28. The lowest BCUT2D eigenvalue weighted by molar-refractivity contribution is 0.0429. The quantitative estimate of drug-likeness (QED) is 0.560. The third kappa shape index (κ3) is 4.97. The lowest BCUT2D eigenvalue weighted by Crippen LogP contribution is -2.16. The lowest BCUT2D eigenvalue weighted by Gasteiger charge is -2.11. The molecule has 0 radical (unpaired) electrons. The van der Waals surface area contributed by atoms with E-state index in [0.717, 1.165) is 19.4 Å². The van der Waals surface area contributed by atoms with Crippen LogP contribution < -0.4 is 4.74 Å². The monoisotopic (exact) mass is 398 g/mol. The molecule has 8 heteroatoms. The average Bonchev–Trinajstić information content (AvgIpc) is 3.44. The van der Waals surface area contributed by atoms with Crippen molar-refractivity contribution in [1.82, 2.24) is 10.1 Å². The average molecular weight is 398 g/mol. The predicted molar refractivity (Wildman–Crippen MR) is 99.7 cm³/mol. The highest BCUT2D eigenvalue weighted by Crippen LogP contribution is 2.18. The van der Waals surface area contributed by atoms with Gasteiger partial charge in [0.05, 0.1) is 11.7 Å². The molecule has 1 aliphatic rings. The van der Waals surface area contributed by atoms with Gasteiger partial charge in [-0.1, -0.05) is 5.16 Å². The summed E-state index contributed by atoms with van der Waals surface area (Å²) < 4.78 is 34.4. The van der Waals surface area contributed by atoms with Gasteiger partial charge in [0.25, 0.3) is 5.89 Å². The second-order valence-electron chi connectivity index (χ2n) is 6.57. The summed E-state index contributed by atoms with van der Waals surface area (Å²) in [6.07, 6.45) is 2.20. The van der Waals surface area contributed by atoms with Crippen LogP contribution in [0.5, 0.6) is 5.75 Å². The van der Waals surface area contributed by atoms with Crippen LogP contribution in [0.1, 0.15) is 29.1 Å². The van der Waals surface area contributed by atoms with E-state index in [2.05, 4.69) is 10.1 Å². The van der Waals surface area contributed by atoms with Gasteiger partial charge in [-0.2, -0.15) is 4.98 Å². The summed E-state index contributed by atoms with van der Waals surface area (Å²) in [5.74, 6) is 0.239. The summed E-state index contributed by atoms with van der Waals surface area (Å²) >= 11 is 0. The van der Waals surface area contributed by atoms with E-state index >= 15 is 0 Å². The third-order valence-corrected chi connectivity index (χ3v) is 4.45. The van der Waals surface area contributed by atoms with Crippen molar-refractivity contribution in [3.8, 4) is 17.1 Å². The number of nitrogens with zero attached hydrogens (tertiary/aromatic N) is 2. The molecule has 1 aromatic heterocycles. The summed E-state index contributed by atoms with van der Waals surface area (Å²) in [7, 11) is 0. The zero-order chi connectivity index (χ0) is 20.1. The first kappa shape index (κ1) is 19.1. The van der Waals surface area contributed by atoms with Crippen molar-refractivity contribution >= 4 is 5.97 Å². The minimum atomic E-state index is -0.516. The van der Waals surface area contributed by atoms with Crippen LogP contribution in [0.15, 0.2) is 53.1 Å². The molecule has 150 valence electrons. The maximum Gasteiger partial charge on any atom is 0.338 e. The topological polar surface area (TPSA) is 83.7 Å². The number of halogens is 1. The molecule has 0 saturated carbocycles. The van der Waals surface area contributed by atoms with E-state index in [1.54, 1.807) is 36.4 Å². The van der Waals surface area contributed by atoms with Gasteiger partial charge < -0.3 is 18.7 Å². The molecule has 1 saturated heterocycles. The van der Waals surface area contributed by atoms with Crippen LogP contribution in [0.3, 0.4) is 0 Å². The number of benzene rings is 2. The number of ether oxygens (including phenoxy) is 3. The van der Waals surface area contributed by atoms with Crippen molar-refractivity contribution in [2.45, 2.75) is 25.6 Å². The van der Waals surface area contributed by atoms with Crippen molar-refractivity contribution in [1.29, 1.82) is 0 Å². The van der Waals surface area contributed by atoms with Gasteiger partial charge in [0, 0.05) is 12.2 Å². The molecular formula is C21H19FN2O5. The Labute approximate surface area is 166 Å². The number of hydrogen-bond donors (Lipinski definition) is 0. The number of hydrogen-bond acceptors (Lipinski definition) is 7. The first-order chi connectivity index (χ1) is 14.2. The Hall–Kier alpha value is -3.26. The van der Waals surface area contributed by atoms with E-state index in [-0.39, 0.29) is 24.4 Å². The van der Waals surface area contributed by atoms with Gasteiger partial charge in [-0.3, -0.25) is 0 Å². The normalized spacial score (nSPS) is 16.0. The Bertz CT molecular complexity index is 950. The van der Waals surface area contributed by atoms with Crippen LogP contribution in [0.2, 0.25) is 0 Å². The molecule has 1 fully saturated rings. The molecular weight excluding hydrogens is 379 g/mol. The van der Waals surface area contributed by atoms with Gasteiger partial charge in [0.15, 0.2) is 6.61 Å². The highest BCUT2D eigenvalue weighted by molar-refractivity contribution is 5.89. The molecule has 2 heterocycles. The first-order valence-corrected chi connectivity index (χ1v) is 9.27. The molecule has 0 aliphatic carbocycles. The van der Waals surface area contributed by atoms with E-state index in [9.17, 15) is 9.18 Å². The Morgan fingerprint density at radius 1 is 1.14 bits per heavy atom. The summed E-state index contributed by atoms with van der Waals surface area (Å²) in [4.78, 5) is 16.3. The van der Waals surface area contributed by atoms with Crippen LogP contribution in [0.25, 0.3) is 11.4 Å². The molecule has 1 atom stereocenters. The molecule has 4 rings (SSSR count). The Morgan fingerprint density at radius 2 is 1.93 bits per heavy atom. The molecule has 0 N–H and O–H groups in total. The second kappa shape index (κ2) is 8.83. The molecule has 0 spiro atoms. The van der Waals surface area contributed by atoms with Crippen LogP contribution in [0.4, 0.5) is 4.39 Å². The lowest BCUT2D eigenvalue weighted by atomic mass is 10.2. The summed E-state index contributed by atoms with van der Waals surface area (Å²) in [5.41, 5.74) is 0.985. The van der Waals surface area contributed by atoms with Crippen LogP contribution in [-0.2, 0) is 16.1 Å².